The van der Waals surface area contributed by atoms with Crippen LogP contribution in [-0.2, 0) is 4.79 Å². The highest BCUT2D eigenvalue weighted by Crippen LogP contribution is 2.10. The monoisotopic (exact) mass is 315 g/mol. The van der Waals surface area contributed by atoms with Gasteiger partial charge in [0.1, 0.15) is 0 Å². The summed E-state index contributed by atoms with van der Waals surface area (Å²) < 4.78 is 0. The van der Waals surface area contributed by atoms with Crippen LogP contribution in [0.5, 0.6) is 0 Å². The summed E-state index contributed by atoms with van der Waals surface area (Å²) in [5.74, 6) is -0.0536. The second kappa shape index (κ2) is 15.3. The van der Waals surface area contributed by atoms with Crippen LogP contribution in [0.3, 0.4) is 0 Å². The van der Waals surface area contributed by atoms with E-state index in [1.54, 1.807) is 0 Å². The molecule has 4 nitrogen and oxygen atoms in total. The summed E-state index contributed by atoms with van der Waals surface area (Å²) in [5, 5.41) is 22.1. The quantitative estimate of drug-likeness (QED) is 0.405. The van der Waals surface area contributed by atoms with Crippen LogP contribution in [0, 0.1) is 0 Å². The first-order chi connectivity index (χ1) is 10.7. The van der Waals surface area contributed by atoms with Crippen molar-refractivity contribution in [3.63, 3.8) is 0 Å². The van der Waals surface area contributed by atoms with Crippen LogP contribution in [0.2, 0.25) is 0 Å². The van der Waals surface area contributed by atoms with Crippen molar-refractivity contribution >= 4 is 5.91 Å². The molecule has 0 radical (unpaired) electrons. The molecule has 0 bridgehead atoms. The Morgan fingerprint density at radius 2 is 1.45 bits per heavy atom. The molecule has 3 N–H and O–H groups in total. The molecule has 0 fully saturated rings. The molecule has 2 unspecified atom stereocenters. The average molecular weight is 315 g/mol. The van der Waals surface area contributed by atoms with Gasteiger partial charge in [0, 0.05) is 6.42 Å². The number of hydrogen-bond donors (Lipinski definition) is 3. The van der Waals surface area contributed by atoms with Gasteiger partial charge in [-0.3, -0.25) is 4.79 Å². The number of nitrogens with one attached hydrogen (secondary N) is 1. The van der Waals surface area contributed by atoms with E-state index >= 15 is 0 Å². The predicted octanol–water partition coefficient (Wildman–Crippen LogP) is 3.55. The summed E-state index contributed by atoms with van der Waals surface area (Å²) in [5.41, 5.74) is 0. The Labute approximate surface area is 136 Å². The maximum Gasteiger partial charge on any atom is 0.220 e. The first kappa shape index (κ1) is 21.4. The summed E-state index contributed by atoms with van der Waals surface area (Å²) in [6.45, 7) is 4.12. The van der Waals surface area contributed by atoms with Gasteiger partial charge in [-0.15, -0.1) is 0 Å². The van der Waals surface area contributed by atoms with Crippen molar-refractivity contribution in [2.24, 2.45) is 0 Å². The number of amides is 1. The third-order valence-corrected chi connectivity index (χ3v) is 4.12. The van der Waals surface area contributed by atoms with Gasteiger partial charge in [0.05, 0.1) is 18.8 Å². The van der Waals surface area contributed by atoms with E-state index in [4.69, 9.17) is 0 Å². The summed E-state index contributed by atoms with van der Waals surface area (Å²) in [6.07, 6.45) is 11.9. The fraction of sp³-hybridized carbons (Fsp3) is 0.944. The molecule has 0 aromatic rings. The lowest BCUT2D eigenvalue weighted by atomic mass is 10.0. The molecular weight excluding hydrogens is 278 g/mol. The maximum absolute atomic E-state index is 11.8. The Kier molecular flexibility index (Phi) is 14.9. The van der Waals surface area contributed by atoms with Crippen molar-refractivity contribution in [1.82, 2.24) is 5.32 Å². The van der Waals surface area contributed by atoms with Gasteiger partial charge < -0.3 is 15.5 Å². The Bertz CT molecular complexity index is 259. The van der Waals surface area contributed by atoms with Crippen LogP contribution in [0.4, 0.5) is 0 Å². The topological polar surface area (TPSA) is 69.6 Å². The average Bonchev–Trinajstić information content (AvgIpc) is 2.51. The van der Waals surface area contributed by atoms with Crippen molar-refractivity contribution < 1.29 is 15.0 Å². The molecule has 0 heterocycles. The normalized spacial score (nSPS) is 13.8. The van der Waals surface area contributed by atoms with Crippen molar-refractivity contribution in [2.75, 3.05) is 6.61 Å². The summed E-state index contributed by atoms with van der Waals surface area (Å²) >= 11 is 0. The van der Waals surface area contributed by atoms with Gasteiger partial charge in [-0.1, -0.05) is 71.6 Å². The van der Waals surface area contributed by atoms with Crippen molar-refractivity contribution in [3.05, 3.63) is 0 Å². The summed E-state index contributed by atoms with van der Waals surface area (Å²) in [6, 6.07) is -0.520. The highest BCUT2D eigenvalue weighted by molar-refractivity contribution is 5.76. The molecule has 0 aromatic heterocycles. The third kappa shape index (κ3) is 12.0. The largest absolute Gasteiger partial charge is 0.394 e. The zero-order valence-electron chi connectivity index (χ0n) is 14.6. The lowest BCUT2D eigenvalue weighted by Gasteiger charge is -2.22. The zero-order valence-corrected chi connectivity index (χ0v) is 14.6. The van der Waals surface area contributed by atoms with Crippen LogP contribution < -0.4 is 5.32 Å². The molecule has 0 rings (SSSR count). The Hall–Kier alpha value is -0.610. The van der Waals surface area contributed by atoms with Crippen LogP contribution in [0.25, 0.3) is 0 Å². The van der Waals surface area contributed by atoms with Crippen LogP contribution in [0.15, 0.2) is 0 Å². The molecule has 22 heavy (non-hydrogen) atoms. The van der Waals surface area contributed by atoms with E-state index in [1.807, 2.05) is 0 Å². The van der Waals surface area contributed by atoms with Gasteiger partial charge in [-0.2, -0.15) is 0 Å². The van der Waals surface area contributed by atoms with Gasteiger partial charge >= 0.3 is 0 Å². The number of aliphatic hydroxyl groups excluding tert-OH is 2. The fourth-order valence-corrected chi connectivity index (χ4v) is 2.59. The third-order valence-electron chi connectivity index (χ3n) is 4.12. The SMILES string of the molecule is CCCCCCCCCC(=O)NC(CO)C(O)CCCCC. The minimum absolute atomic E-state index is 0.0536. The molecule has 0 saturated heterocycles. The van der Waals surface area contributed by atoms with E-state index in [0.717, 1.165) is 32.1 Å². The molecule has 0 aliphatic carbocycles. The number of aliphatic hydroxyl groups is 2. The number of hydrogen-bond acceptors (Lipinski definition) is 3. The second-order valence-electron chi connectivity index (χ2n) is 6.29. The van der Waals surface area contributed by atoms with E-state index in [2.05, 4.69) is 19.2 Å². The number of unbranched alkanes of at least 4 members (excludes halogenated alkanes) is 8. The molecular formula is C18H37NO3. The van der Waals surface area contributed by atoms with E-state index in [9.17, 15) is 15.0 Å². The molecule has 0 saturated carbocycles. The Morgan fingerprint density at radius 3 is 2.05 bits per heavy atom. The molecule has 132 valence electrons. The highest BCUT2D eigenvalue weighted by Gasteiger charge is 2.19. The standard InChI is InChI=1S/C18H37NO3/c1-3-5-7-8-9-10-12-14-18(22)19-16(15-20)17(21)13-11-6-4-2/h16-17,20-21H,3-15H2,1-2H3,(H,19,22). The van der Waals surface area contributed by atoms with Gasteiger partial charge in [0.15, 0.2) is 0 Å². The first-order valence-corrected chi connectivity index (χ1v) is 9.23. The molecule has 0 spiro atoms. The molecule has 0 aliphatic heterocycles. The number of carbonyl (C=O) groups is 1. The maximum atomic E-state index is 11.8. The van der Waals surface area contributed by atoms with E-state index in [-0.39, 0.29) is 12.5 Å². The smallest absolute Gasteiger partial charge is 0.220 e. The number of carbonyl (C=O) groups excluding carboxylic acids is 1. The molecule has 0 aromatic carbocycles. The molecule has 1 amide bonds. The second-order valence-corrected chi connectivity index (χ2v) is 6.29. The van der Waals surface area contributed by atoms with Gasteiger partial charge in [-0.05, 0) is 12.8 Å². The summed E-state index contributed by atoms with van der Waals surface area (Å²) in [7, 11) is 0. The Morgan fingerprint density at radius 1 is 0.909 bits per heavy atom. The highest BCUT2D eigenvalue weighted by atomic mass is 16.3. The predicted molar refractivity (Wildman–Crippen MR) is 91.8 cm³/mol. The zero-order chi connectivity index (χ0) is 16.6. The molecule has 2 atom stereocenters. The van der Waals surface area contributed by atoms with E-state index < -0.39 is 12.1 Å². The van der Waals surface area contributed by atoms with Gasteiger partial charge in [0.25, 0.3) is 0 Å². The molecule has 0 aliphatic rings. The minimum Gasteiger partial charge on any atom is -0.394 e. The van der Waals surface area contributed by atoms with Crippen molar-refractivity contribution in [1.29, 1.82) is 0 Å². The van der Waals surface area contributed by atoms with E-state index in [1.165, 1.54) is 32.1 Å². The van der Waals surface area contributed by atoms with Crippen LogP contribution >= 0.6 is 0 Å². The van der Waals surface area contributed by atoms with E-state index in [0.29, 0.717) is 12.8 Å². The van der Waals surface area contributed by atoms with Crippen molar-refractivity contribution in [2.45, 2.75) is 103 Å². The molecule has 4 heteroatoms. The number of rotatable bonds is 15. The minimum atomic E-state index is -0.644. The lowest BCUT2D eigenvalue weighted by molar-refractivity contribution is -0.123. The fourth-order valence-electron chi connectivity index (χ4n) is 2.59. The van der Waals surface area contributed by atoms with Crippen LogP contribution in [0.1, 0.15) is 90.9 Å². The summed E-state index contributed by atoms with van der Waals surface area (Å²) in [4.78, 5) is 11.8. The Balaban J connectivity index is 3.72. The van der Waals surface area contributed by atoms with Crippen molar-refractivity contribution in [3.8, 4) is 0 Å². The van der Waals surface area contributed by atoms with Gasteiger partial charge in [-0.25, -0.2) is 0 Å². The van der Waals surface area contributed by atoms with Gasteiger partial charge in [0.2, 0.25) is 5.91 Å². The lowest BCUT2D eigenvalue weighted by Crippen LogP contribution is -2.45. The van der Waals surface area contributed by atoms with Crippen LogP contribution in [-0.4, -0.2) is 34.9 Å². The first-order valence-electron chi connectivity index (χ1n) is 9.23.